The van der Waals surface area contributed by atoms with Crippen LogP contribution in [0.1, 0.15) is 25.0 Å². The third kappa shape index (κ3) is 3.89. The van der Waals surface area contributed by atoms with E-state index >= 15 is 0 Å². The molecule has 0 spiro atoms. The summed E-state index contributed by atoms with van der Waals surface area (Å²) in [5, 5.41) is 14.4. The van der Waals surface area contributed by atoms with Crippen LogP contribution in [0, 0.1) is 10.1 Å². The van der Waals surface area contributed by atoms with Gasteiger partial charge in [0, 0.05) is 28.2 Å². The molecule has 0 aromatic heterocycles. The summed E-state index contributed by atoms with van der Waals surface area (Å²) in [6.45, 7) is 4.57. The molecule has 0 atom stereocenters. The Morgan fingerprint density at radius 1 is 1.14 bits per heavy atom. The molecule has 110 valence electrons. The first-order valence-electron chi connectivity index (χ1n) is 6.63. The number of hydrogen-bond acceptors (Lipinski definition) is 3. The third-order valence-electron chi connectivity index (χ3n) is 3.48. The molecule has 5 heteroatoms. The molecule has 0 saturated heterocycles. The van der Waals surface area contributed by atoms with E-state index in [2.05, 4.69) is 35.1 Å². The molecule has 0 aliphatic heterocycles. The number of benzene rings is 2. The first kappa shape index (κ1) is 15.7. The minimum Gasteiger partial charge on any atom is -0.303 e. The Morgan fingerprint density at radius 2 is 1.76 bits per heavy atom. The Labute approximate surface area is 132 Å². The zero-order valence-corrected chi connectivity index (χ0v) is 13.6. The van der Waals surface area contributed by atoms with Gasteiger partial charge in [0.05, 0.1) is 4.92 Å². The number of halogens is 1. The summed E-state index contributed by atoms with van der Waals surface area (Å²) < 4.78 is 1.03. The summed E-state index contributed by atoms with van der Waals surface area (Å²) in [6, 6.07) is 14.9. The lowest BCUT2D eigenvalue weighted by molar-refractivity contribution is -0.385. The number of nitro groups is 1. The summed E-state index contributed by atoms with van der Waals surface area (Å²) in [5.41, 5.74) is 1.69. The van der Waals surface area contributed by atoms with Crippen molar-refractivity contribution in [1.82, 2.24) is 5.32 Å². The lowest BCUT2D eigenvalue weighted by Gasteiger charge is -2.27. The molecular weight excluding hydrogens is 332 g/mol. The quantitative estimate of drug-likeness (QED) is 0.644. The van der Waals surface area contributed by atoms with Gasteiger partial charge in [-0.15, -0.1) is 0 Å². The highest BCUT2D eigenvalue weighted by Gasteiger charge is 2.21. The van der Waals surface area contributed by atoms with E-state index in [1.165, 1.54) is 6.07 Å². The molecule has 0 aliphatic carbocycles. The van der Waals surface area contributed by atoms with Gasteiger partial charge in [0.15, 0.2) is 0 Å². The fourth-order valence-electron chi connectivity index (χ4n) is 2.12. The van der Waals surface area contributed by atoms with E-state index in [0.29, 0.717) is 12.1 Å². The van der Waals surface area contributed by atoms with Crippen LogP contribution in [-0.2, 0) is 12.1 Å². The largest absolute Gasteiger partial charge is 0.303 e. The van der Waals surface area contributed by atoms with E-state index in [-0.39, 0.29) is 16.1 Å². The number of hydrogen-bond donors (Lipinski definition) is 1. The van der Waals surface area contributed by atoms with Crippen LogP contribution in [0.3, 0.4) is 0 Å². The van der Waals surface area contributed by atoms with Gasteiger partial charge in [-0.2, -0.15) is 0 Å². The van der Waals surface area contributed by atoms with Gasteiger partial charge in [-0.25, -0.2) is 0 Å². The van der Waals surface area contributed by atoms with E-state index in [9.17, 15) is 10.1 Å². The van der Waals surface area contributed by atoms with Crippen molar-refractivity contribution >= 4 is 21.6 Å². The average molecular weight is 349 g/mol. The molecule has 0 amide bonds. The zero-order chi connectivity index (χ0) is 15.5. The monoisotopic (exact) mass is 348 g/mol. The Kier molecular flexibility index (Phi) is 4.75. The van der Waals surface area contributed by atoms with Crippen molar-refractivity contribution in [3.63, 3.8) is 0 Å². The highest BCUT2D eigenvalue weighted by molar-refractivity contribution is 9.10. The summed E-state index contributed by atoms with van der Waals surface area (Å²) in [4.78, 5) is 10.7. The molecule has 0 saturated carbocycles. The lowest BCUT2D eigenvalue weighted by Crippen LogP contribution is -2.36. The molecule has 2 aromatic rings. The standard InChI is InChI=1S/C16H17BrN2O2/c1-16(2,13-7-9-14(17)10-8-13)18-11-12-5-3-4-6-15(12)19(20)21/h3-10,18H,11H2,1-2H3. The van der Waals surface area contributed by atoms with Crippen LogP contribution in [0.2, 0.25) is 0 Å². The molecular formula is C16H17BrN2O2. The summed E-state index contributed by atoms with van der Waals surface area (Å²) in [6.07, 6.45) is 0. The number of rotatable bonds is 5. The number of nitro benzene ring substituents is 1. The molecule has 0 unspecified atom stereocenters. The van der Waals surface area contributed by atoms with Crippen LogP contribution in [0.5, 0.6) is 0 Å². The van der Waals surface area contributed by atoms with Crippen molar-refractivity contribution in [2.45, 2.75) is 25.9 Å². The summed E-state index contributed by atoms with van der Waals surface area (Å²) in [7, 11) is 0. The predicted molar refractivity (Wildman–Crippen MR) is 87.1 cm³/mol. The van der Waals surface area contributed by atoms with Crippen LogP contribution in [0.25, 0.3) is 0 Å². The van der Waals surface area contributed by atoms with Gasteiger partial charge in [0.25, 0.3) is 5.69 Å². The predicted octanol–water partition coefficient (Wildman–Crippen LogP) is 4.38. The number of nitrogens with zero attached hydrogens (tertiary/aromatic N) is 1. The second kappa shape index (κ2) is 6.37. The molecule has 0 aliphatic rings. The fraction of sp³-hybridized carbons (Fsp3) is 0.250. The van der Waals surface area contributed by atoms with Crippen molar-refractivity contribution in [2.75, 3.05) is 0 Å². The van der Waals surface area contributed by atoms with Crippen molar-refractivity contribution in [1.29, 1.82) is 0 Å². The lowest BCUT2D eigenvalue weighted by atomic mass is 9.94. The molecule has 0 fully saturated rings. The molecule has 1 N–H and O–H groups in total. The number of nitrogens with one attached hydrogen (secondary N) is 1. The van der Waals surface area contributed by atoms with Gasteiger partial charge in [0.2, 0.25) is 0 Å². The van der Waals surface area contributed by atoms with Gasteiger partial charge < -0.3 is 5.32 Å². The summed E-state index contributed by atoms with van der Waals surface area (Å²) in [5.74, 6) is 0. The molecule has 4 nitrogen and oxygen atoms in total. The zero-order valence-electron chi connectivity index (χ0n) is 12.0. The molecule has 2 rings (SSSR count). The van der Waals surface area contributed by atoms with E-state index in [1.807, 2.05) is 30.3 Å². The minimum atomic E-state index is -0.344. The van der Waals surface area contributed by atoms with E-state index in [1.54, 1.807) is 12.1 Å². The second-order valence-electron chi connectivity index (χ2n) is 5.37. The maximum atomic E-state index is 11.0. The van der Waals surface area contributed by atoms with Crippen LogP contribution in [-0.4, -0.2) is 4.92 Å². The third-order valence-corrected chi connectivity index (χ3v) is 4.00. The van der Waals surface area contributed by atoms with E-state index in [0.717, 1.165) is 10.0 Å². The van der Waals surface area contributed by atoms with Gasteiger partial charge in [-0.05, 0) is 31.5 Å². The van der Waals surface area contributed by atoms with E-state index in [4.69, 9.17) is 0 Å². The molecule has 0 radical (unpaired) electrons. The average Bonchev–Trinajstić information content (AvgIpc) is 2.46. The highest BCUT2D eigenvalue weighted by atomic mass is 79.9. The maximum absolute atomic E-state index is 11.0. The van der Waals surface area contributed by atoms with Gasteiger partial charge in [-0.1, -0.05) is 46.3 Å². The van der Waals surface area contributed by atoms with E-state index < -0.39 is 0 Å². The Bertz CT molecular complexity index is 639. The summed E-state index contributed by atoms with van der Waals surface area (Å²) >= 11 is 3.42. The van der Waals surface area contributed by atoms with Crippen molar-refractivity contribution in [2.24, 2.45) is 0 Å². The second-order valence-corrected chi connectivity index (χ2v) is 6.29. The Hall–Kier alpha value is -1.72. The van der Waals surface area contributed by atoms with Crippen LogP contribution in [0.15, 0.2) is 53.0 Å². The fourth-order valence-corrected chi connectivity index (χ4v) is 2.39. The van der Waals surface area contributed by atoms with Crippen LogP contribution >= 0.6 is 15.9 Å². The SMILES string of the molecule is CC(C)(NCc1ccccc1[N+](=O)[O-])c1ccc(Br)cc1. The molecule has 0 bridgehead atoms. The van der Waals surface area contributed by atoms with Crippen molar-refractivity contribution in [3.05, 3.63) is 74.2 Å². The Morgan fingerprint density at radius 3 is 2.38 bits per heavy atom. The van der Waals surface area contributed by atoms with Gasteiger partial charge in [0.1, 0.15) is 0 Å². The van der Waals surface area contributed by atoms with Crippen molar-refractivity contribution < 1.29 is 4.92 Å². The maximum Gasteiger partial charge on any atom is 0.273 e. The smallest absolute Gasteiger partial charge is 0.273 e. The first-order chi connectivity index (χ1) is 9.90. The normalized spacial score (nSPS) is 11.4. The minimum absolute atomic E-state index is 0.150. The molecule has 0 heterocycles. The van der Waals surface area contributed by atoms with Crippen molar-refractivity contribution in [3.8, 4) is 0 Å². The van der Waals surface area contributed by atoms with Crippen LogP contribution < -0.4 is 5.32 Å². The first-order valence-corrected chi connectivity index (χ1v) is 7.43. The van der Waals surface area contributed by atoms with Gasteiger partial charge in [-0.3, -0.25) is 10.1 Å². The topological polar surface area (TPSA) is 55.2 Å². The highest BCUT2D eigenvalue weighted by Crippen LogP contribution is 2.24. The van der Waals surface area contributed by atoms with Gasteiger partial charge >= 0.3 is 0 Å². The molecule has 2 aromatic carbocycles. The Balaban J connectivity index is 2.15. The number of para-hydroxylation sites is 1. The molecule has 21 heavy (non-hydrogen) atoms. The van der Waals surface area contributed by atoms with Crippen LogP contribution in [0.4, 0.5) is 5.69 Å².